The van der Waals surface area contributed by atoms with Crippen LogP contribution in [0.1, 0.15) is 98.3 Å². The van der Waals surface area contributed by atoms with Crippen LogP contribution in [0.4, 0.5) is 0 Å². The molecule has 0 saturated heterocycles. The van der Waals surface area contributed by atoms with Gasteiger partial charge in [-0.1, -0.05) is 72.6 Å². The summed E-state index contributed by atoms with van der Waals surface area (Å²) < 4.78 is 6.08. The molecule has 0 heterocycles. The van der Waals surface area contributed by atoms with Crippen molar-refractivity contribution in [3.8, 4) is 0 Å². The molecule has 2 unspecified atom stereocenters. The number of hydrogen-bond acceptors (Lipinski definition) is 2. The van der Waals surface area contributed by atoms with E-state index in [2.05, 4.69) is 33.0 Å². The quantitative estimate of drug-likeness (QED) is 0.369. The molecule has 0 bridgehead atoms. The monoisotopic (exact) mass is 299 g/mol. The Morgan fingerprint density at radius 3 is 2.05 bits per heavy atom. The average molecular weight is 300 g/mol. The SMILES string of the molecule is CCCCCCCC(NCCCCC)C(CC)OCCC. The highest BCUT2D eigenvalue weighted by molar-refractivity contribution is 4.76. The first-order valence-corrected chi connectivity index (χ1v) is 9.64. The van der Waals surface area contributed by atoms with Crippen molar-refractivity contribution in [2.24, 2.45) is 0 Å². The Bertz CT molecular complexity index is 196. The van der Waals surface area contributed by atoms with Gasteiger partial charge in [0, 0.05) is 12.6 Å². The maximum Gasteiger partial charge on any atom is 0.0725 e. The summed E-state index contributed by atoms with van der Waals surface area (Å²) in [7, 11) is 0. The predicted octanol–water partition coefficient (Wildman–Crippen LogP) is 5.70. The van der Waals surface area contributed by atoms with Gasteiger partial charge in [0.2, 0.25) is 0 Å². The zero-order valence-corrected chi connectivity index (χ0v) is 15.3. The third-order valence-corrected chi connectivity index (χ3v) is 4.19. The molecule has 0 aliphatic heterocycles. The first kappa shape index (κ1) is 20.9. The summed E-state index contributed by atoms with van der Waals surface area (Å²) in [6, 6.07) is 0.556. The van der Waals surface area contributed by atoms with Crippen molar-refractivity contribution in [1.82, 2.24) is 5.32 Å². The second-order valence-electron chi connectivity index (χ2n) is 6.29. The average Bonchev–Trinajstić information content (AvgIpc) is 2.51. The lowest BCUT2D eigenvalue weighted by Gasteiger charge is -2.28. The van der Waals surface area contributed by atoms with Gasteiger partial charge in [-0.2, -0.15) is 0 Å². The van der Waals surface area contributed by atoms with Gasteiger partial charge in [-0.3, -0.25) is 0 Å². The minimum absolute atomic E-state index is 0.401. The van der Waals surface area contributed by atoms with Crippen LogP contribution in [0.5, 0.6) is 0 Å². The van der Waals surface area contributed by atoms with Crippen molar-refractivity contribution in [2.75, 3.05) is 13.2 Å². The number of ether oxygens (including phenoxy) is 1. The second-order valence-corrected chi connectivity index (χ2v) is 6.29. The van der Waals surface area contributed by atoms with Crippen molar-refractivity contribution < 1.29 is 4.74 Å². The molecule has 0 aliphatic rings. The maximum atomic E-state index is 6.08. The largest absolute Gasteiger partial charge is 0.377 e. The first-order valence-electron chi connectivity index (χ1n) is 9.64. The molecule has 0 saturated carbocycles. The number of unbranched alkanes of at least 4 members (excludes halogenated alkanes) is 6. The van der Waals surface area contributed by atoms with Gasteiger partial charge in [0.15, 0.2) is 0 Å². The Morgan fingerprint density at radius 1 is 0.762 bits per heavy atom. The Kier molecular flexibility index (Phi) is 16.2. The van der Waals surface area contributed by atoms with Crippen LogP contribution in [0.15, 0.2) is 0 Å². The fraction of sp³-hybridized carbons (Fsp3) is 1.00. The van der Waals surface area contributed by atoms with Gasteiger partial charge in [-0.25, -0.2) is 0 Å². The highest BCUT2D eigenvalue weighted by atomic mass is 16.5. The van der Waals surface area contributed by atoms with Crippen molar-refractivity contribution in [3.05, 3.63) is 0 Å². The number of hydrogen-bond donors (Lipinski definition) is 1. The third-order valence-electron chi connectivity index (χ3n) is 4.19. The van der Waals surface area contributed by atoms with E-state index in [-0.39, 0.29) is 0 Å². The molecule has 128 valence electrons. The summed E-state index contributed by atoms with van der Waals surface area (Å²) in [6.07, 6.45) is 14.7. The van der Waals surface area contributed by atoms with E-state index in [0.717, 1.165) is 26.0 Å². The summed E-state index contributed by atoms with van der Waals surface area (Å²) in [4.78, 5) is 0. The molecule has 0 radical (unpaired) electrons. The number of rotatable bonds is 16. The molecule has 0 spiro atoms. The van der Waals surface area contributed by atoms with Gasteiger partial charge in [0.05, 0.1) is 6.10 Å². The van der Waals surface area contributed by atoms with Gasteiger partial charge in [0.25, 0.3) is 0 Å². The van der Waals surface area contributed by atoms with Crippen molar-refractivity contribution >= 4 is 0 Å². The topological polar surface area (TPSA) is 21.3 Å². The zero-order chi connectivity index (χ0) is 15.8. The van der Waals surface area contributed by atoms with E-state index in [0.29, 0.717) is 12.1 Å². The van der Waals surface area contributed by atoms with Crippen LogP contribution in [-0.4, -0.2) is 25.3 Å². The summed E-state index contributed by atoms with van der Waals surface area (Å²) in [5, 5.41) is 3.78. The van der Waals surface area contributed by atoms with Crippen LogP contribution < -0.4 is 5.32 Å². The zero-order valence-electron chi connectivity index (χ0n) is 15.3. The molecule has 1 N–H and O–H groups in total. The van der Waals surface area contributed by atoms with E-state index < -0.39 is 0 Å². The fourth-order valence-electron chi connectivity index (χ4n) is 2.84. The minimum atomic E-state index is 0.401. The van der Waals surface area contributed by atoms with Crippen molar-refractivity contribution in [1.29, 1.82) is 0 Å². The van der Waals surface area contributed by atoms with Gasteiger partial charge < -0.3 is 10.1 Å². The van der Waals surface area contributed by atoms with Crippen LogP contribution in [-0.2, 0) is 4.74 Å². The molecule has 21 heavy (non-hydrogen) atoms. The van der Waals surface area contributed by atoms with Crippen LogP contribution in [0.25, 0.3) is 0 Å². The fourth-order valence-corrected chi connectivity index (χ4v) is 2.84. The van der Waals surface area contributed by atoms with Crippen LogP contribution >= 0.6 is 0 Å². The molecule has 2 nitrogen and oxygen atoms in total. The molecule has 0 aromatic carbocycles. The van der Waals surface area contributed by atoms with E-state index in [9.17, 15) is 0 Å². The highest BCUT2D eigenvalue weighted by Crippen LogP contribution is 2.14. The molecular weight excluding hydrogens is 258 g/mol. The van der Waals surface area contributed by atoms with Gasteiger partial charge in [0.1, 0.15) is 0 Å². The van der Waals surface area contributed by atoms with Gasteiger partial charge in [-0.15, -0.1) is 0 Å². The normalized spacial score (nSPS) is 14.3. The maximum absolute atomic E-state index is 6.08. The van der Waals surface area contributed by atoms with E-state index in [1.165, 1.54) is 57.8 Å². The molecule has 0 aliphatic carbocycles. The van der Waals surface area contributed by atoms with Gasteiger partial charge in [-0.05, 0) is 32.2 Å². The lowest BCUT2D eigenvalue weighted by Crippen LogP contribution is -2.41. The summed E-state index contributed by atoms with van der Waals surface area (Å²) >= 11 is 0. The molecule has 0 rings (SSSR count). The standard InChI is InChI=1S/C19H41NO/c1-5-9-11-12-13-15-18(20-16-14-10-6-2)19(8-4)21-17-7-3/h18-20H,5-17H2,1-4H3. The van der Waals surface area contributed by atoms with E-state index in [4.69, 9.17) is 4.74 Å². The highest BCUT2D eigenvalue weighted by Gasteiger charge is 2.19. The molecule has 0 amide bonds. The van der Waals surface area contributed by atoms with Gasteiger partial charge >= 0.3 is 0 Å². The van der Waals surface area contributed by atoms with E-state index in [1.807, 2.05) is 0 Å². The van der Waals surface area contributed by atoms with E-state index >= 15 is 0 Å². The summed E-state index contributed by atoms with van der Waals surface area (Å²) in [5.74, 6) is 0. The lowest BCUT2D eigenvalue weighted by molar-refractivity contribution is 0.0213. The Labute approximate surface area is 134 Å². The summed E-state index contributed by atoms with van der Waals surface area (Å²) in [6.45, 7) is 11.1. The first-order chi connectivity index (χ1) is 10.3. The van der Waals surface area contributed by atoms with Crippen LogP contribution in [0.2, 0.25) is 0 Å². The number of nitrogens with one attached hydrogen (secondary N) is 1. The summed E-state index contributed by atoms with van der Waals surface area (Å²) in [5.41, 5.74) is 0. The third kappa shape index (κ3) is 12.2. The molecule has 0 aromatic heterocycles. The second kappa shape index (κ2) is 16.3. The minimum Gasteiger partial charge on any atom is -0.377 e. The molecule has 0 aromatic rings. The molecule has 2 heteroatoms. The van der Waals surface area contributed by atoms with Crippen molar-refractivity contribution in [2.45, 2.75) is 110 Å². The smallest absolute Gasteiger partial charge is 0.0725 e. The van der Waals surface area contributed by atoms with Crippen LogP contribution in [0, 0.1) is 0 Å². The predicted molar refractivity (Wildman–Crippen MR) is 95.0 cm³/mol. The Hall–Kier alpha value is -0.0800. The van der Waals surface area contributed by atoms with E-state index in [1.54, 1.807) is 0 Å². The molecular formula is C19H41NO. The molecule has 0 fully saturated rings. The lowest BCUT2D eigenvalue weighted by atomic mass is 10.00. The van der Waals surface area contributed by atoms with Crippen molar-refractivity contribution in [3.63, 3.8) is 0 Å². The Morgan fingerprint density at radius 2 is 1.43 bits per heavy atom. The molecule has 2 atom stereocenters. The Balaban J connectivity index is 4.10. The van der Waals surface area contributed by atoms with Crippen LogP contribution in [0.3, 0.4) is 0 Å².